The number of carboxylic acid groups (broad SMARTS) is 2. The minimum Gasteiger partial charge on any atom is -0.477 e. The molecule has 0 saturated carbocycles. The molecule has 38 heavy (non-hydrogen) atoms. The number of thioether (sulfide) groups is 2. The van der Waals surface area contributed by atoms with Gasteiger partial charge in [-0.25, -0.2) is 9.59 Å². The predicted molar refractivity (Wildman–Crippen MR) is 142 cm³/mol. The average molecular weight is 572 g/mol. The number of aliphatic imine (C=N–C) groups is 1. The molecule has 2 amide bonds. The second-order valence-corrected chi connectivity index (χ2v) is 11.6. The molecule has 13 nitrogen and oxygen atoms in total. The first-order chi connectivity index (χ1) is 18.0. The lowest BCUT2D eigenvalue weighted by Gasteiger charge is -2.44. The Morgan fingerprint density at radius 2 is 1.37 bits per heavy atom. The molecule has 210 valence electrons. The topological polar surface area (TPSA) is 220 Å². The van der Waals surface area contributed by atoms with Crippen molar-refractivity contribution < 1.29 is 39.6 Å². The first-order valence-corrected chi connectivity index (χ1v) is 14.1. The van der Waals surface area contributed by atoms with E-state index in [-0.39, 0.29) is 35.3 Å². The molecule has 0 spiro atoms. The van der Waals surface area contributed by atoms with Crippen molar-refractivity contribution >= 4 is 53.6 Å². The van der Waals surface area contributed by atoms with Crippen molar-refractivity contribution in [1.29, 1.82) is 0 Å². The van der Waals surface area contributed by atoms with Crippen molar-refractivity contribution in [2.45, 2.75) is 51.0 Å². The molecule has 2 fully saturated rings. The van der Waals surface area contributed by atoms with Gasteiger partial charge in [-0.1, -0.05) is 0 Å². The Bertz CT molecular complexity index is 1080. The third-order valence-corrected chi connectivity index (χ3v) is 9.02. The number of carbonyl (C=O) groups excluding carboxylic acids is 2. The molecule has 0 radical (unpaired) electrons. The van der Waals surface area contributed by atoms with Gasteiger partial charge in [-0.15, -0.1) is 23.5 Å². The van der Waals surface area contributed by atoms with E-state index >= 15 is 0 Å². The minimum atomic E-state index is -1.10. The molecule has 2 saturated heterocycles. The Kier molecular flexibility index (Phi) is 9.86. The normalized spacial score (nSPS) is 27.5. The van der Waals surface area contributed by atoms with Crippen molar-refractivity contribution in [1.82, 2.24) is 9.80 Å². The Balaban J connectivity index is 0.000000212. The smallest absolute Gasteiger partial charge is 0.353 e. The Hall–Kier alpha value is -2.59. The number of amides is 2. The second-order valence-electron chi connectivity index (χ2n) is 9.19. The standard InChI is InChI=1S/C12H17N3O4S.C11H16N2O4S/c1-6(16)9-7-4-8(20-3-2-14-5-13)10(12(18)19)15(7)11(9)17;1-5(14)8-6-4-7(18-3-2-12)9(11(16)17)13(6)10(8)15/h5-7,9,16H,2-4H2,1H3,(H2,13,14)(H,18,19);5-6,8,14H,2-4,12H2,1H3,(H,16,17)/t6-,7-,9-;5-,6-,8-/m11/s1. The molecule has 0 aromatic heterocycles. The van der Waals surface area contributed by atoms with E-state index in [4.69, 9.17) is 11.5 Å². The van der Waals surface area contributed by atoms with E-state index in [0.29, 0.717) is 47.2 Å². The molecule has 0 aliphatic carbocycles. The summed E-state index contributed by atoms with van der Waals surface area (Å²) in [4.78, 5) is 54.2. The number of nitrogens with zero attached hydrogens (tertiary/aromatic N) is 3. The Labute approximate surface area is 228 Å². The third-order valence-electron chi connectivity index (χ3n) is 6.78. The van der Waals surface area contributed by atoms with Gasteiger partial charge in [-0.05, 0) is 13.8 Å². The molecule has 4 heterocycles. The highest BCUT2D eigenvalue weighted by Crippen LogP contribution is 2.48. The minimum absolute atomic E-state index is 0.0543. The third kappa shape index (κ3) is 5.57. The fourth-order valence-corrected chi connectivity index (χ4v) is 7.23. The fourth-order valence-electron chi connectivity index (χ4n) is 5.20. The zero-order valence-corrected chi connectivity index (χ0v) is 22.7. The SMILES string of the molecule is C[C@@H](O)[C@H]1C(=O)N2C(C(=O)O)=C(SCCN)C[C@H]12.C[C@@H](O)[C@H]1C(=O)N2C(C(=O)O)=C(SCCN=CN)C[C@H]12. The number of aliphatic hydroxyl groups excluding tert-OH is 2. The number of nitrogens with two attached hydrogens (primary N) is 2. The van der Waals surface area contributed by atoms with Crippen molar-refractivity contribution in [2.24, 2.45) is 28.3 Å². The summed E-state index contributed by atoms with van der Waals surface area (Å²) < 4.78 is 0. The van der Waals surface area contributed by atoms with E-state index in [0.717, 1.165) is 0 Å². The number of aliphatic hydroxyl groups is 2. The summed E-state index contributed by atoms with van der Waals surface area (Å²) in [5, 5.41) is 37.6. The zero-order valence-electron chi connectivity index (χ0n) is 21.0. The molecule has 4 aliphatic heterocycles. The summed E-state index contributed by atoms with van der Waals surface area (Å²) in [6.45, 7) is 4.07. The summed E-state index contributed by atoms with van der Waals surface area (Å²) in [5.74, 6) is -2.54. The molecule has 8 N–H and O–H groups in total. The number of rotatable bonds is 11. The number of aliphatic carboxylic acids is 2. The van der Waals surface area contributed by atoms with Crippen LogP contribution in [0.3, 0.4) is 0 Å². The molecule has 15 heteroatoms. The summed E-state index contributed by atoms with van der Waals surface area (Å²) in [6, 6.07) is -0.432. The molecular weight excluding hydrogens is 538 g/mol. The van der Waals surface area contributed by atoms with E-state index < -0.39 is 36.0 Å². The number of carbonyl (C=O) groups is 4. The Morgan fingerprint density at radius 1 is 0.947 bits per heavy atom. The maximum absolute atomic E-state index is 11.9. The summed E-state index contributed by atoms with van der Waals surface area (Å²) in [5.41, 5.74) is 10.7. The van der Waals surface area contributed by atoms with Crippen LogP contribution in [-0.2, 0) is 19.2 Å². The molecule has 0 aromatic rings. The highest BCUT2D eigenvalue weighted by atomic mass is 32.2. The lowest BCUT2D eigenvalue weighted by atomic mass is 9.83. The van der Waals surface area contributed by atoms with Gasteiger partial charge in [0.1, 0.15) is 11.4 Å². The van der Waals surface area contributed by atoms with Crippen LogP contribution >= 0.6 is 23.5 Å². The molecule has 4 rings (SSSR count). The van der Waals surface area contributed by atoms with Crippen molar-refractivity contribution in [3.63, 3.8) is 0 Å². The highest BCUT2D eigenvalue weighted by molar-refractivity contribution is 8.03. The average Bonchev–Trinajstić information content (AvgIpc) is 3.33. The number of fused-ring (bicyclic) bond motifs is 2. The van der Waals surface area contributed by atoms with Crippen LogP contribution in [0.25, 0.3) is 0 Å². The van der Waals surface area contributed by atoms with Crippen LogP contribution in [0.15, 0.2) is 26.2 Å². The molecule has 0 unspecified atom stereocenters. The van der Waals surface area contributed by atoms with Crippen LogP contribution in [0.4, 0.5) is 0 Å². The van der Waals surface area contributed by atoms with Crippen LogP contribution in [0, 0.1) is 11.8 Å². The van der Waals surface area contributed by atoms with Crippen LogP contribution in [0.5, 0.6) is 0 Å². The van der Waals surface area contributed by atoms with Gasteiger partial charge < -0.3 is 41.7 Å². The highest BCUT2D eigenvalue weighted by Gasteiger charge is 2.57. The monoisotopic (exact) mass is 571 g/mol. The van der Waals surface area contributed by atoms with Crippen LogP contribution in [-0.4, -0.2) is 109 Å². The number of carboxylic acids is 2. The predicted octanol–water partition coefficient (Wildman–Crippen LogP) is -0.800. The van der Waals surface area contributed by atoms with Crippen molar-refractivity contribution in [3.8, 4) is 0 Å². The lowest BCUT2D eigenvalue weighted by molar-refractivity contribution is -0.161. The van der Waals surface area contributed by atoms with Gasteiger partial charge >= 0.3 is 11.9 Å². The van der Waals surface area contributed by atoms with Crippen molar-refractivity contribution in [3.05, 3.63) is 21.2 Å². The van der Waals surface area contributed by atoms with Crippen LogP contribution in [0.1, 0.15) is 26.7 Å². The maximum Gasteiger partial charge on any atom is 0.353 e. The summed E-state index contributed by atoms with van der Waals surface area (Å²) in [6.07, 6.45) is 0.702. The van der Waals surface area contributed by atoms with Crippen LogP contribution < -0.4 is 11.5 Å². The van der Waals surface area contributed by atoms with Gasteiger partial charge in [-0.2, -0.15) is 0 Å². The van der Waals surface area contributed by atoms with E-state index in [9.17, 15) is 39.6 Å². The first kappa shape index (κ1) is 30.0. The lowest BCUT2D eigenvalue weighted by Crippen LogP contribution is -2.61. The van der Waals surface area contributed by atoms with E-state index in [1.54, 1.807) is 13.8 Å². The second kappa shape index (κ2) is 12.5. The van der Waals surface area contributed by atoms with E-state index in [1.807, 2.05) is 0 Å². The van der Waals surface area contributed by atoms with Gasteiger partial charge in [-0.3, -0.25) is 14.6 Å². The number of β-lactam (4-membered cyclic amide) rings is 2. The Morgan fingerprint density at radius 3 is 1.71 bits per heavy atom. The molecule has 4 aliphatic rings. The van der Waals surface area contributed by atoms with Crippen LogP contribution in [0.2, 0.25) is 0 Å². The van der Waals surface area contributed by atoms with E-state index in [1.165, 1.54) is 39.7 Å². The molecule has 6 atom stereocenters. The number of hydrogen-bond donors (Lipinski definition) is 6. The van der Waals surface area contributed by atoms with Crippen molar-refractivity contribution in [2.75, 3.05) is 24.6 Å². The zero-order chi connectivity index (χ0) is 28.3. The van der Waals surface area contributed by atoms with Gasteiger partial charge in [0.05, 0.1) is 49.0 Å². The summed E-state index contributed by atoms with van der Waals surface area (Å²) >= 11 is 2.76. The summed E-state index contributed by atoms with van der Waals surface area (Å²) in [7, 11) is 0. The molecule has 0 aromatic carbocycles. The quantitative estimate of drug-likeness (QED) is 0.0777. The largest absolute Gasteiger partial charge is 0.477 e. The first-order valence-electron chi connectivity index (χ1n) is 12.1. The molecular formula is C23H33N5O8S2. The molecule has 0 bridgehead atoms. The van der Waals surface area contributed by atoms with Gasteiger partial charge in [0.15, 0.2) is 0 Å². The van der Waals surface area contributed by atoms with E-state index in [2.05, 4.69) is 4.99 Å². The fraction of sp³-hybridized carbons (Fsp3) is 0.609. The van der Waals surface area contributed by atoms with Gasteiger partial charge in [0, 0.05) is 40.7 Å². The van der Waals surface area contributed by atoms with Gasteiger partial charge in [0.2, 0.25) is 11.8 Å². The van der Waals surface area contributed by atoms with Gasteiger partial charge in [0.25, 0.3) is 0 Å². The maximum atomic E-state index is 11.9. The number of hydrogen-bond acceptors (Lipinski definition) is 10.